The van der Waals surface area contributed by atoms with E-state index in [4.69, 9.17) is 4.52 Å². The largest absolute Gasteiger partial charge is 0.338 e. The summed E-state index contributed by atoms with van der Waals surface area (Å²) in [7, 11) is 0. The summed E-state index contributed by atoms with van der Waals surface area (Å²) in [6.45, 7) is 6.98. The first kappa shape index (κ1) is 17.3. The molecule has 1 aliphatic carbocycles. The minimum Gasteiger partial charge on any atom is -0.338 e. The normalized spacial score (nSPS) is 15.5. The maximum absolute atomic E-state index is 5.45. The highest BCUT2D eigenvalue weighted by atomic mass is 32.2. The highest BCUT2D eigenvalue weighted by Gasteiger charge is 2.31. The first-order valence-corrected chi connectivity index (χ1v) is 9.97. The summed E-state index contributed by atoms with van der Waals surface area (Å²) < 4.78 is 7.69. The molecule has 1 aromatic carbocycles. The van der Waals surface area contributed by atoms with E-state index in [-0.39, 0.29) is 11.2 Å². The van der Waals surface area contributed by atoms with Crippen LogP contribution in [0.15, 0.2) is 40.0 Å². The summed E-state index contributed by atoms with van der Waals surface area (Å²) >= 11 is 1.63. The lowest BCUT2D eigenvalue weighted by atomic mass is 10.2. The quantitative estimate of drug-likeness (QED) is 0.569. The Balaban J connectivity index is 1.57. The van der Waals surface area contributed by atoms with E-state index in [0.717, 1.165) is 23.4 Å². The van der Waals surface area contributed by atoms with Crippen molar-refractivity contribution in [2.75, 3.05) is 0 Å². The van der Waals surface area contributed by atoms with Crippen LogP contribution in [0.4, 0.5) is 0 Å². The zero-order valence-electron chi connectivity index (χ0n) is 15.3. The second-order valence-corrected chi connectivity index (χ2v) is 8.40. The van der Waals surface area contributed by atoms with Gasteiger partial charge in [0.25, 0.3) is 0 Å². The summed E-state index contributed by atoms with van der Waals surface area (Å²) in [6, 6.07) is 10.5. The van der Waals surface area contributed by atoms with E-state index in [1.54, 1.807) is 11.8 Å². The first-order chi connectivity index (χ1) is 12.6. The average Bonchev–Trinajstić information content (AvgIpc) is 3.21. The maximum atomic E-state index is 5.45. The van der Waals surface area contributed by atoms with Crippen molar-refractivity contribution >= 4 is 11.8 Å². The predicted octanol–water partition coefficient (Wildman–Crippen LogP) is 4.56. The van der Waals surface area contributed by atoms with Gasteiger partial charge in [-0.05, 0) is 25.3 Å². The second-order valence-electron chi connectivity index (χ2n) is 7.09. The zero-order chi connectivity index (χ0) is 18.1. The molecule has 1 aliphatic rings. The van der Waals surface area contributed by atoms with E-state index in [2.05, 4.69) is 69.9 Å². The van der Waals surface area contributed by atoms with Crippen molar-refractivity contribution < 1.29 is 4.52 Å². The molecule has 0 bridgehead atoms. The Labute approximate surface area is 157 Å². The fourth-order valence-electron chi connectivity index (χ4n) is 2.80. The lowest BCUT2D eigenvalue weighted by Crippen LogP contribution is -2.06. The molecule has 0 spiro atoms. The van der Waals surface area contributed by atoms with Gasteiger partial charge in [-0.25, -0.2) is 0 Å². The Morgan fingerprint density at radius 2 is 1.92 bits per heavy atom. The maximum Gasteiger partial charge on any atom is 0.239 e. The number of thioether (sulfide) groups is 1. The van der Waals surface area contributed by atoms with Gasteiger partial charge in [-0.1, -0.05) is 61.1 Å². The molecule has 4 rings (SSSR count). The van der Waals surface area contributed by atoms with Crippen LogP contribution in [-0.4, -0.2) is 24.9 Å². The van der Waals surface area contributed by atoms with E-state index in [1.165, 1.54) is 18.4 Å². The van der Waals surface area contributed by atoms with Gasteiger partial charge in [0.05, 0.1) is 11.8 Å². The summed E-state index contributed by atoms with van der Waals surface area (Å²) in [5.41, 5.74) is 1.25. The molecular weight excluding hydrogens is 346 g/mol. The highest BCUT2D eigenvalue weighted by molar-refractivity contribution is 7.99. The van der Waals surface area contributed by atoms with Crippen LogP contribution >= 0.6 is 11.8 Å². The third-order valence-electron chi connectivity index (χ3n) is 4.48. The first-order valence-electron chi connectivity index (χ1n) is 9.09. The van der Waals surface area contributed by atoms with Gasteiger partial charge in [0.2, 0.25) is 5.89 Å². The monoisotopic (exact) mass is 369 g/mol. The Morgan fingerprint density at radius 3 is 2.58 bits per heavy atom. The molecule has 0 saturated heterocycles. The fraction of sp³-hybridized carbons (Fsp3) is 0.474. The van der Waals surface area contributed by atoms with Crippen molar-refractivity contribution in [3.63, 3.8) is 0 Å². The third kappa shape index (κ3) is 3.67. The highest BCUT2D eigenvalue weighted by Crippen LogP contribution is 2.42. The van der Waals surface area contributed by atoms with Gasteiger partial charge in [-0.15, -0.1) is 10.2 Å². The summed E-state index contributed by atoms with van der Waals surface area (Å²) in [6.07, 6.45) is 2.41. The SMILES string of the molecule is CC(C)c1noc(C(C)Sc2nnc(C3CC3)n2Cc2ccccc2)n1. The lowest BCUT2D eigenvalue weighted by Gasteiger charge is -2.11. The van der Waals surface area contributed by atoms with Crippen molar-refractivity contribution in [2.45, 2.75) is 62.4 Å². The molecular formula is C19H23N5OS. The fourth-order valence-corrected chi connectivity index (χ4v) is 3.69. The molecule has 26 heavy (non-hydrogen) atoms. The van der Waals surface area contributed by atoms with Crippen LogP contribution in [0.25, 0.3) is 0 Å². The standard InChI is InChI=1S/C19H23N5OS/c1-12(2)16-20-18(25-23-16)13(3)26-19-22-21-17(15-9-10-15)24(19)11-14-7-5-4-6-8-14/h4-8,12-13,15H,9-11H2,1-3H3. The number of rotatable bonds is 7. The third-order valence-corrected chi connectivity index (χ3v) is 5.54. The van der Waals surface area contributed by atoms with E-state index in [0.29, 0.717) is 11.8 Å². The van der Waals surface area contributed by atoms with Crippen LogP contribution in [0, 0.1) is 0 Å². The van der Waals surface area contributed by atoms with Crippen molar-refractivity contribution in [3.8, 4) is 0 Å². The molecule has 136 valence electrons. The number of nitrogens with zero attached hydrogens (tertiary/aromatic N) is 5. The van der Waals surface area contributed by atoms with Crippen molar-refractivity contribution in [2.24, 2.45) is 0 Å². The zero-order valence-corrected chi connectivity index (χ0v) is 16.1. The van der Waals surface area contributed by atoms with Crippen LogP contribution < -0.4 is 0 Å². The van der Waals surface area contributed by atoms with Gasteiger partial charge in [0.15, 0.2) is 11.0 Å². The number of hydrogen-bond donors (Lipinski definition) is 0. The Bertz CT molecular complexity index is 869. The minimum atomic E-state index is 0.0285. The average molecular weight is 369 g/mol. The van der Waals surface area contributed by atoms with Crippen LogP contribution in [0.5, 0.6) is 0 Å². The van der Waals surface area contributed by atoms with Crippen LogP contribution in [-0.2, 0) is 6.54 Å². The van der Waals surface area contributed by atoms with Gasteiger partial charge < -0.3 is 9.09 Å². The predicted molar refractivity (Wildman–Crippen MR) is 100 cm³/mol. The smallest absolute Gasteiger partial charge is 0.239 e. The van der Waals surface area contributed by atoms with Crippen LogP contribution in [0.3, 0.4) is 0 Å². The Kier molecular flexibility index (Phi) is 4.80. The van der Waals surface area contributed by atoms with Gasteiger partial charge in [0, 0.05) is 11.8 Å². The molecule has 0 amide bonds. The molecule has 2 aromatic heterocycles. The van der Waals surface area contributed by atoms with Crippen LogP contribution in [0.2, 0.25) is 0 Å². The number of hydrogen-bond acceptors (Lipinski definition) is 6. The van der Waals surface area contributed by atoms with Gasteiger partial charge in [-0.2, -0.15) is 4.98 Å². The molecule has 0 aliphatic heterocycles. The number of aromatic nitrogens is 5. The summed E-state index contributed by atoms with van der Waals surface area (Å²) in [5.74, 6) is 3.29. The van der Waals surface area contributed by atoms with Gasteiger partial charge in [-0.3, -0.25) is 0 Å². The van der Waals surface area contributed by atoms with Crippen molar-refractivity contribution in [3.05, 3.63) is 53.4 Å². The molecule has 6 nitrogen and oxygen atoms in total. The van der Waals surface area contributed by atoms with Crippen LogP contribution in [0.1, 0.15) is 73.8 Å². The summed E-state index contributed by atoms with van der Waals surface area (Å²) in [4.78, 5) is 4.52. The molecule has 7 heteroatoms. The Morgan fingerprint density at radius 1 is 1.15 bits per heavy atom. The Hall–Kier alpha value is -2.15. The van der Waals surface area contributed by atoms with E-state index in [9.17, 15) is 0 Å². The topological polar surface area (TPSA) is 69.6 Å². The molecule has 1 unspecified atom stereocenters. The molecule has 1 saturated carbocycles. The molecule has 3 aromatic rings. The second kappa shape index (κ2) is 7.23. The molecule has 0 N–H and O–H groups in total. The van der Waals surface area contributed by atoms with Gasteiger partial charge in [0.1, 0.15) is 5.82 Å². The summed E-state index contributed by atoms with van der Waals surface area (Å²) in [5, 5.41) is 14.0. The minimum absolute atomic E-state index is 0.0285. The van der Waals surface area contributed by atoms with Gasteiger partial charge >= 0.3 is 0 Å². The van der Waals surface area contributed by atoms with Crippen molar-refractivity contribution in [1.29, 1.82) is 0 Å². The van der Waals surface area contributed by atoms with Crippen molar-refractivity contribution in [1.82, 2.24) is 24.9 Å². The lowest BCUT2D eigenvalue weighted by molar-refractivity contribution is 0.373. The number of benzene rings is 1. The molecule has 0 radical (unpaired) electrons. The van der Waals surface area contributed by atoms with E-state index >= 15 is 0 Å². The van der Waals surface area contributed by atoms with E-state index < -0.39 is 0 Å². The molecule has 1 atom stereocenters. The van der Waals surface area contributed by atoms with E-state index in [1.807, 2.05) is 6.07 Å². The molecule has 2 heterocycles. The molecule has 1 fully saturated rings.